The molecule has 0 radical (unpaired) electrons. The molecule has 4 heteroatoms. The summed E-state index contributed by atoms with van der Waals surface area (Å²) in [4.78, 5) is 11.7. The molecule has 0 atom stereocenters. The highest BCUT2D eigenvalue weighted by Gasteiger charge is 2.17. The van der Waals surface area contributed by atoms with Gasteiger partial charge in [-0.25, -0.2) is 4.39 Å². The standard InChI is InChI=1S/C11H11FN2O/c1-6(2)11(15)10-8-5-7(12)3-4-9(8)13-14-10/h3-6H,1-2H3,(H,13,14). The van der Waals surface area contributed by atoms with Crippen LogP contribution in [0.3, 0.4) is 0 Å². The van der Waals surface area contributed by atoms with Crippen molar-refractivity contribution in [3.63, 3.8) is 0 Å². The molecule has 1 N–H and O–H groups in total. The van der Waals surface area contributed by atoms with Crippen LogP contribution in [0.2, 0.25) is 0 Å². The third kappa shape index (κ3) is 1.63. The van der Waals surface area contributed by atoms with Gasteiger partial charge in [-0.05, 0) is 18.2 Å². The van der Waals surface area contributed by atoms with Crippen LogP contribution in [0.15, 0.2) is 18.2 Å². The molecule has 0 spiro atoms. The Morgan fingerprint density at radius 2 is 2.20 bits per heavy atom. The van der Waals surface area contributed by atoms with Crippen molar-refractivity contribution in [1.82, 2.24) is 10.2 Å². The summed E-state index contributed by atoms with van der Waals surface area (Å²) in [7, 11) is 0. The molecular formula is C11H11FN2O. The van der Waals surface area contributed by atoms with E-state index in [0.29, 0.717) is 16.6 Å². The van der Waals surface area contributed by atoms with E-state index in [9.17, 15) is 9.18 Å². The van der Waals surface area contributed by atoms with Gasteiger partial charge in [0.1, 0.15) is 11.5 Å². The monoisotopic (exact) mass is 206 g/mol. The number of halogens is 1. The van der Waals surface area contributed by atoms with Crippen molar-refractivity contribution in [2.45, 2.75) is 13.8 Å². The predicted octanol–water partition coefficient (Wildman–Crippen LogP) is 2.54. The van der Waals surface area contributed by atoms with E-state index in [1.807, 2.05) is 0 Å². The highest BCUT2D eigenvalue weighted by atomic mass is 19.1. The number of rotatable bonds is 2. The fourth-order valence-electron chi connectivity index (χ4n) is 1.45. The van der Waals surface area contributed by atoms with Crippen LogP contribution in [0.25, 0.3) is 10.9 Å². The lowest BCUT2D eigenvalue weighted by atomic mass is 10.0. The lowest BCUT2D eigenvalue weighted by Crippen LogP contribution is -2.08. The number of aromatic nitrogens is 2. The fourth-order valence-corrected chi connectivity index (χ4v) is 1.45. The first-order valence-corrected chi connectivity index (χ1v) is 4.77. The molecule has 0 aliphatic carbocycles. The number of aromatic amines is 1. The van der Waals surface area contributed by atoms with Crippen LogP contribution in [0.1, 0.15) is 24.3 Å². The van der Waals surface area contributed by atoms with Gasteiger partial charge >= 0.3 is 0 Å². The minimum Gasteiger partial charge on any atom is -0.292 e. The van der Waals surface area contributed by atoms with Gasteiger partial charge in [0.15, 0.2) is 5.78 Å². The van der Waals surface area contributed by atoms with Crippen LogP contribution >= 0.6 is 0 Å². The Bertz CT molecular complexity index is 516. The maximum Gasteiger partial charge on any atom is 0.186 e. The normalized spacial score (nSPS) is 11.2. The summed E-state index contributed by atoms with van der Waals surface area (Å²) in [5.74, 6) is -0.576. The molecule has 1 aromatic carbocycles. The quantitative estimate of drug-likeness (QED) is 0.767. The Balaban J connectivity index is 2.62. The van der Waals surface area contributed by atoms with Gasteiger partial charge in [0, 0.05) is 11.3 Å². The average molecular weight is 206 g/mol. The lowest BCUT2D eigenvalue weighted by molar-refractivity contribution is 0.0936. The average Bonchev–Trinajstić information content (AvgIpc) is 2.59. The van der Waals surface area contributed by atoms with Crippen molar-refractivity contribution in [2.75, 3.05) is 0 Å². The van der Waals surface area contributed by atoms with Gasteiger partial charge < -0.3 is 0 Å². The first-order valence-electron chi connectivity index (χ1n) is 4.77. The molecule has 0 fully saturated rings. The smallest absolute Gasteiger partial charge is 0.186 e. The molecule has 15 heavy (non-hydrogen) atoms. The molecule has 78 valence electrons. The number of hydrogen-bond donors (Lipinski definition) is 1. The Morgan fingerprint density at radius 1 is 1.47 bits per heavy atom. The van der Waals surface area contributed by atoms with Gasteiger partial charge in [-0.3, -0.25) is 9.89 Å². The molecular weight excluding hydrogens is 195 g/mol. The molecule has 0 saturated carbocycles. The number of carbonyl (C=O) groups excluding carboxylic acids is 1. The molecule has 3 nitrogen and oxygen atoms in total. The van der Waals surface area contributed by atoms with Crippen LogP contribution in [0.5, 0.6) is 0 Å². The zero-order chi connectivity index (χ0) is 11.0. The number of benzene rings is 1. The number of nitrogens with one attached hydrogen (secondary N) is 1. The van der Waals surface area contributed by atoms with Crippen molar-refractivity contribution >= 4 is 16.7 Å². The highest BCUT2D eigenvalue weighted by molar-refractivity contribution is 6.06. The van der Waals surface area contributed by atoms with E-state index in [4.69, 9.17) is 0 Å². The predicted molar refractivity (Wildman–Crippen MR) is 55.2 cm³/mol. The molecule has 0 unspecified atom stereocenters. The summed E-state index contributed by atoms with van der Waals surface area (Å²) >= 11 is 0. The zero-order valence-corrected chi connectivity index (χ0v) is 8.54. The van der Waals surface area contributed by atoms with Gasteiger partial charge in [0.05, 0.1) is 5.52 Å². The van der Waals surface area contributed by atoms with Crippen molar-refractivity contribution in [3.05, 3.63) is 29.7 Å². The Labute approximate surface area is 86.3 Å². The largest absolute Gasteiger partial charge is 0.292 e. The number of nitrogens with zero attached hydrogens (tertiary/aromatic N) is 1. The SMILES string of the molecule is CC(C)C(=O)c1n[nH]c2ccc(F)cc12. The third-order valence-corrected chi connectivity index (χ3v) is 2.28. The molecule has 1 heterocycles. The molecule has 1 aromatic heterocycles. The van der Waals surface area contributed by atoms with E-state index in [-0.39, 0.29) is 17.5 Å². The Morgan fingerprint density at radius 3 is 2.87 bits per heavy atom. The fraction of sp³-hybridized carbons (Fsp3) is 0.273. The summed E-state index contributed by atoms with van der Waals surface area (Å²) in [5.41, 5.74) is 1.000. The van der Waals surface area contributed by atoms with Gasteiger partial charge in [-0.1, -0.05) is 13.8 Å². The Hall–Kier alpha value is -1.71. The van der Waals surface area contributed by atoms with E-state index in [1.54, 1.807) is 19.9 Å². The van der Waals surface area contributed by atoms with E-state index in [2.05, 4.69) is 10.2 Å². The maximum absolute atomic E-state index is 13.0. The zero-order valence-electron chi connectivity index (χ0n) is 8.54. The maximum atomic E-state index is 13.0. The van der Waals surface area contributed by atoms with Gasteiger partial charge in [-0.15, -0.1) is 0 Å². The molecule has 2 rings (SSSR count). The summed E-state index contributed by atoms with van der Waals surface area (Å²) in [6.45, 7) is 3.59. The minimum absolute atomic E-state index is 0.0770. The minimum atomic E-state index is -0.360. The molecule has 0 saturated heterocycles. The molecule has 2 aromatic rings. The van der Waals surface area contributed by atoms with E-state index in [0.717, 1.165) is 0 Å². The van der Waals surface area contributed by atoms with Crippen molar-refractivity contribution in [2.24, 2.45) is 5.92 Å². The Kier molecular flexibility index (Phi) is 2.26. The van der Waals surface area contributed by atoms with E-state index in [1.165, 1.54) is 12.1 Å². The molecule has 0 aliphatic heterocycles. The van der Waals surface area contributed by atoms with Crippen molar-refractivity contribution in [3.8, 4) is 0 Å². The van der Waals surface area contributed by atoms with Gasteiger partial charge in [0.2, 0.25) is 0 Å². The van der Waals surface area contributed by atoms with Crippen molar-refractivity contribution in [1.29, 1.82) is 0 Å². The van der Waals surface area contributed by atoms with Crippen molar-refractivity contribution < 1.29 is 9.18 Å². The second-order valence-electron chi connectivity index (χ2n) is 3.78. The van der Waals surface area contributed by atoms with Gasteiger partial charge in [-0.2, -0.15) is 5.10 Å². The number of hydrogen-bond acceptors (Lipinski definition) is 2. The van der Waals surface area contributed by atoms with Crippen LogP contribution < -0.4 is 0 Å². The molecule has 0 aliphatic rings. The van der Waals surface area contributed by atoms with Crippen LogP contribution in [-0.2, 0) is 0 Å². The van der Waals surface area contributed by atoms with Crippen LogP contribution in [0, 0.1) is 11.7 Å². The molecule has 0 bridgehead atoms. The number of Topliss-reactive ketones (excluding diaryl/α,β-unsaturated/α-hetero) is 1. The van der Waals surface area contributed by atoms with Crippen LogP contribution in [0.4, 0.5) is 4.39 Å². The number of H-pyrrole nitrogens is 1. The van der Waals surface area contributed by atoms with Gasteiger partial charge in [0.25, 0.3) is 0 Å². The molecule has 0 amide bonds. The lowest BCUT2D eigenvalue weighted by Gasteiger charge is -2.00. The third-order valence-electron chi connectivity index (χ3n) is 2.28. The highest BCUT2D eigenvalue weighted by Crippen LogP contribution is 2.19. The second-order valence-corrected chi connectivity index (χ2v) is 3.78. The number of ketones is 1. The number of fused-ring (bicyclic) bond motifs is 1. The topological polar surface area (TPSA) is 45.8 Å². The number of carbonyl (C=O) groups is 1. The summed E-state index contributed by atoms with van der Waals surface area (Å²) in [6, 6.07) is 4.24. The summed E-state index contributed by atoms with van der Waals surface area (Å²) in [5, 5.41) is 7.18. The second kappa shape index (κ2) is 3.46. The van der Waals surface area contributed by atoms with E-state index >= 15 is 0 Å². The van der Waals surface area contributed by atoms with E-state index < -0.39 is 0 Å². The summed E-state index contributed by atoms with van der Waals surface area (Å²) in [6.07, 6.45) is 0. The van der Waals surface area contributed by atoms with Crippen LogP contribution in [-0.4, -0.2) is 16.0 Å². The summed E-state index contributed by atoms with van der Waals surface area (Å²) < 4.78 is 13.0. The first kappa shape index (κ1) is 9.83. The first-order chi connectivity index (χ1) is 7.09.